The van der Waals surface area contributed by atoms with Crippen LogP contribution >= 0.6 is 0 Å². The largest absolute Gasteiger partial charge is 0.334 e. The minimum absolute atomic E-state index is 0.189. The molecule has 3 rings (SSSR count). The molecule has 1 aromatic carbocycles. The smallest absolute Gasteiger partial charge is 0.140 e. The zero-order valence-corrected chi connectivity index (χ0v) is 9.53. The van der Waals surface area contributed by atoms with Crippen molar-refractivity contribution in [1.29, 1.82) is 0 Å². The maximum absolute atomic E-state index is 11.6. The van der Waals surface area contributed by atoms with Gasteiger partial charge in [-0.25, -0.2) is 4.98 Å². The lowest BCUT2D eigenvalue weighted by molar-refractivity contribution is -0.119. The van der Waals surface area contributed by atoms with E-state index < -0.39 is 0 Å². The number of hydrogen-bond acceptors (Lipinski definition) is 2. The number of Topliss-reactive ketones (excluding diaryl/α,β-unsaturated/α-hetero) is 1. The summed E-state index contributed by atoms with van der Waals surface area (Å²) in [6.45, 7) is 1.69. The molecular formula is C13H14N2O. The number of carbonyl (C=O) groups is 1. The molecular weight excluding hydrogens is 200 g/mol. The van der Waals surface area contributed by atoms with Crippen LogP contribution in [-0.2, 0) is 17.3 Å². The molecule has 0 atom stereocenters. The van der Waals surface area contributed by atoms with Gasteiger partial charge in [0, 0.05) is 7.05 Å². The van der Waals surface area contributed by atoms with E-state index in [-0.39, 0.29) is 11.2 Å². The Labute approximate surface area is 94.1 Å². The number of aryl methyl sites for hydroxylation is 1. The van der Waals surface area contributed by atoms with E-state index in [2.05, 4.69) is 23.2 Å². The highest BCUT2D eigenvalue weighted by Crippen LogP contribution is 2.49. The Morgan fingerprint density at radius 1 is 1.44 bits per heavy atom. The first kappa shape index (κ1) is 9.58. The van der Waals surface area contributed by atoms with Crippen molar-refractivity contribution in [3.63, 3.8) is 0 Å². The lowest BCUT2D eigenvalue weighted by Gasteiger charge is -2.11. The number of aromatic nitrogens is 2. The quantitative estimate of drug-likeness (QED) is 0.768. The molecule has 0 spiro atoms. The van der Waals surface area contributed by atoms with Crippen LogP contribution in [-0.4, -0.2) is 15.3 Å². The highest BCUT2D eigenvalue weighted by atomic mass is 16.1. The van der Waals surface area contributed by atoms with Gasteiger partial charge in [-0.15, -0.1) is 0 Å². The second-order valence-corrected chi connectivity index (χ2v) is 4.70. The Morgan fingerprint density at radius 2 is 2.19 bits per heavy atom. The third-order valence-electron chi connectivity index (χ3n) is 3.70. The van der Waals surface area contributed by atoms with Crippen molar-refractivity contribution in [2.24, 2.45) is 7.05 Å². The van der Waals surface area contributed by atoms with E-state index in [1.807, 2.05) is 17.9 Å². The van der Waals surface area contributed by atoms with Gasteiger partial charge in [-0.05, 0) is 37.5 Å². The summed E-state index contributed by atoms with van der Waals surface area (Å²) in [7, 11) is 1.98. The van der Waals surface area contributed by atoms with Crippen LogP contribution in [0.5, 0.6) is 0 Å². The molecule has 1 fully saturated rings. The van der Waals surface area contributed by atoms with E-state index in [1.165, 1.54) is 0 Å². The maximum atomic E-state index is 11.6. The molecule has 1 heterocycles. The molecule has 1 aliphatic carbocycles. The van der Waals surface area contributed by atoms with E-state index in [4.69, 9.17) is 0 Å². The van der Waals surface area contributed by atoms with E-state index in [9.17, 15) is 4.79 Å². The van der Waals surface area contributed by atoms with Gasteiger partial charge in [0.2, 0.25) is 0 Å². The van der Waals surface area contributed by atoms with Crippen molar-refractivity contribution in [1.82, 2.24) is 9.55 Å². The molecule has 0 N–H and O–H groups in total. The molecule has 3 heteroatoms. The summed E-state index contributed by atoms with van der Waals surface area (Å²) >= 11 is 0. The standard InChI is InChI=1S/C13H14N2O/c1-9(16)13(5-6-13)10-3-4-12-11(7-10)14-8-15(12)2/h3-4,7-8H,5-6H2,1-2H3. The number of imidazole rings is 1. The van der Waals surface area contributed by atoms with Crippen molar-refractivity contribution in [2.75, 3.05) is 0 Å². The number of ketones is 1. The summed E-state index contributed by atoms with van der Waals surface area (Å²) in [4.78, 5) is 16.0. The molecule has 1 saturated carbocycles. The lowest BCUT2D eigenvalue weighted by atomic mass is 9.92. The zero-order chi connectivity index (χ0) is 11.3. The second kappa shape index (κ2) is 2.94. The minimum atomic E-state index is -0.189. The molecule has 16 heavy (non-hydrogen) atoms. The molecule has 0 saturated heterocycles. The first-order valence-electron chi connectivity index (χ1n) is 5.56. The average Bonchev–Trinajstić information content (AvgIpc) is 3.00. The van der Waals surface area contributed by atoms with Crippen LogP contribution < -0.4 is 0 Å². The van der Waals surface area contributed by atoms with Gasteiger partial charge in [0.15, 0.2) is 0 Å². The SMILES string of the molecule is CC(=O)C1(c2ccc3c(c2)ncn3C)CC1. The Kier molecular flexibility index (Phi) is 1.76. The highest BCUT2D eigenvalue weighted by Gasteiger charge is 2.48. The summed E-state index contributed by atoms with van der Waals surface area (Å²) in [6, 6.07) is 6.18. The molecule has 0 radical (unpaired) electrons. The minimum Gasteiger partial charge on any atom is -0.334 e. The van der Waals surface area contributed by atoms with Crippen LogP contribution in [0.4, 0.5) is 0 Å². The fourth-order valence-electron chi connectivity index (χ4n) is 2.40. The Balaban J connectivity index is 2.16. The molecule has 3 nitrogen and oxygen atoms in total. The predicted octanol–water partition coefficient (Wildman–Crippen LogP) is 2.19. The van der Waals surface area contributed by atoms with E-state index >= 15 is 0 Å². The van der Waals surface area contributed by atoms with Gasteiger partial charge >= 0.3 is 0 Å². The summed E-state index contributed by atoms with van der Waals surface area (Å²) < 4.78 is 1.99. The molecule has 1 aromatic heterocycles. The van der Waals surface area contributed by atoms with Crippen molar-refractivity contribution < 1.29 is 4.79 Å². The fourth-order valence-corrected chi connectivity index (χ4v) is 2.40. The van der Waals surface area contributed by atoms with Crippen molar-refractivity contribution >= 4 is 16.8 Å². The Hall–Kier alpha value is -1.64. The van der Waals surface area contributed by atoms with Gasteiger partial charge in [0.1, 0.15) is 5.78 Å². The van der Waals surface area contributed by atoms with Crippen LogP contribution in [0.2, 0.25) is 0 Å². The number of carbonyl (C=O) groups excluding carboxylic acids is 1. The first-order chi connectivity index (χ1) is 7.63. The van der Waals surface area contributed by atoms with Gasteiger partial charge in [0.25, 0.3) is 0 Å². The predicted molar refractivity (Wildman–Crippen MR) is 62.3 cm³/mol. The average molecular weight is 214 g/mol. The third kappa shape index (κ3) is 1.14. The molecule has 82 valence electrons. The van der Waals surface area contributed by atoms with Crippen LogP contribution in [0.1, 0.15) is 25.3 Å². The van der Waals surface area contributed by atoms with E-state index in [1.54, 1.807) is 6.92 Å². The summed E-state index contributed by atoms with van der Waals surface area (Å²) in [6.07, 6.45) is 3.78. The summed E-state index contributed by atoms with van der Waals surface area (Å²) in [5.74, 6) is 0.280. The summed E-state index contributed by atoms with van der Waals surface area (Å²) in [5.41, 5.74) is 3.04. The number of hydrogen-bond donors (Lipinski definition) is 0. The van der Waals surface area contributed by atoms with Gasteiger partial charge < -0.3 is 4.57 Å². The number of fused-ring (bicyclic) bond motifs is 1. The zero-order valence-electron chi connectivity index (χ0n) is 9.53. The summed E-state index contributed by atoms with van der Waals surface area (Å²) in [5, 5.41) is 0. The topological polar surface area (TPSA) is 34.9 Å². The van der Waals surface area contributed by atoms with Crippen LogP contribution in [0.25, 0.3) is 11.0 Å². The van der Waals surface area contributed by atoms with Crippen molar-refractivity contribution in [3.8, 4) is 0 Å². The van der Waals surface area contributed by atoms with E-state index in [0.717, 1.165) is 29.4 Å². The Bertz CT molecular complexity index is 579. The molecule has 2 aromatic rings. The van der Waals surface area contributed by atoms with Crippen LogP contribution in [0.15, 0.2) is 24.5 Å². The fraction of sp³-hybridized carbons (Fsp3) is 0.385. The monoisotopic (exact) mass is 214 g/mol. The first-order valence-corrected chi connectivity index (χ1v) is 5.56. The molecule has 0 amide bonds. The van der Waals surface area contributed by atoms with Gasteiger partial charge in [-0.2, -0.15) is 0 Å². The van der Waals surface area contributed by atoms with E-state index in [0.29, 0.717) is 0 Å². The molecule has 0 bridgehead atoms. The Morgan fingerprint density at radius 3 is 2.81 bits per heavy atom. The molecule has 0 aliphatic heterocycles. The van der Waals surface area contributed by atoms with Gasteiger partial charge in [-0.3, -0.25) is 4.79 Å². The van der Waals surface area contributed by atoms with Crippen molar-refractivity contribution in [2.45, 2.75) is 25.2 Å². The third-order valence-corrected chi connectivity index (χ3v) is 3.70. The molecule has 1 aliphatic rings. The lowest BCUT2D eigenvalue weighted by Crippen LogP contribution is -2.16. The van der Waals surface area contributed by atoms with Crippen LogP contribution in [0.3, 0.4) is 0 Å². The maximum Gasteiger partial charge on any atom is 0.140 e. The number of rotatable bonds is 2. The van der Waals surface area contributed by atoms with Crippen LogP contribution in [0, 0.1) is 0 Å². The molecule has 0 unspecified atom stereocenters. The highest BCUT2D eigenvalue weighted by molar-refractivity contribution is 5.92. The second-order valence-electron chi connectivity index (χ2n) is 4.70. The number of benzene rings is 1. The van der Waals surface area contributed by atoms with Crippen molar-refractivity contribution in [3.05, 3.63) is 30.1 Å². The number of nitrogens with zero attached hydrogens (tertiary/aromatic N) is 2. The van der Waals surface area contributed by atoms with Gasteiger partial charge in [-0.1, -0.05) is 6.07 Å². The normalized spacial score (nSPS) is 17.6. The van der Waals surface area contributed by atoms with Gasteiger partial charge in [0.05, 0.1) is 22.8 Å².